The van der Waals surface area contributed by atoms with Crippen LogP contribution in [0, 0.1) is 6.92 Å². The predicted molar refractivity (Wildman–Crippen MR) is 83.6 cm³/mol. The maximum absolute atomic E-state index is 12.3. The summed E-state index contributed by atoms with van der Waals surface area (Å²) in [7, 11) is 0. The molecule has 120 valence electrons. The SMILES string of the molecule is CCc1noc(C)c1C(=O)Oc1ccc(N2CCCC2=O)cc1. The molecule has 6 nitrogen and oxygen atoms in total. The van der Waals surface area contributed by atoms with Gasteiger partial charge in [0.25, 0.3) is 0 Å². The van der Waals surface area contributed by atoms with Gasteiger partial charge in [0.05, 0.1) is 5.69 Å². The Morgan fingerprint density at radius 3 is 2.70 bits per heavy atom. The van der Waals surface area contributed by atoms with Gasteiger partial charge in [0, 0.05) is 18.7 Å². The van der Waals surface area contributed by atoms with Crippen molar-refractivity contribution < 1.29 is 18.8 Å². The number of esters is 1. The van der Waals surface area contributed by atoms with E-state index in [0.717, 1.165) is 18.7 Å². The lowest BCUT2D eigenvalue weighted by Gasteiger charge is -2.15. The topological polar surface area (TPSA) is 72.6 Å². The Kier molecular flexibility index (Phi) is 4.14. The lowest BCUT2D eigenvalue weighted by atomic mass is 10.1. The summed E-state index contributed by atoms with van der Waals surface area (Å²) in [4.78, 5) is 25.7. The van der Waals surface area contributed by atoms with E-state index in [1.165, 1.54) is 0 Å². The number of aromatic nitrogens is 1. The summed E-state index contributed by atoms with van der Waals surface area (Å²) in [5.41, 5.74) is 1.79. The van der Waals surface area contributed by atoms with Gasteiger partial charge in [-0.3, -0.25) is 4.79 Å². The van der Waals surface area contributed by atoms with Gasteiger partial charge in [0.15, 0.2) is 0 Å². The van der Waals surface area contributed by atoms with Crippen LogP contribution < -0.4 is 9.64 Å². The molecule has 0 bridgehead atoms. The quantitative estimate of drug-likeness (QED) is 0.641. The number of ether oxygens (including phenoxy) is 1. The first kappa shape index (κ1) is 15.3. The van der Waals surface area contributed by atoms with Crippen LogP contribution in [0.4, 0.5) is 5.69 Å². The summed E-state index contributed by atoms with van der Waals surface area (Å²) in [6.45, 7) is 4.32. The molecule has 0 spiro atoms. The van der Waals surface area contributed by atoms with Gasteiger partial charge in [-0.05, 0) is 44.0 Å². The third-order valence-corrected chi connectivity index (χ3v) is 3.90. The van der Waals surface area contributed by atoms with Gasteiger partial charge in [0.2, 0.25) is 5.91 Å². The molecule has 2 aromatic rings. The normalized spacial score (nSPS) is 14.3. The minimum Gasteiger partial charge on any atom is -0.423 e. The Hall–Kier alpha value is -2.63. The minimum absolute atomic E-state index is 0.127. The molecule has 1 fully saturated rings. The summed E-state index contributed by atoms with van der Waals surface area (Å²) in [6.07, 6.45) is 2.06. The van der Waals surface area contributed by atoms with E-state index < -0.39 is 5.97 Å². The zero-order chi connectivity index (χ0) is 16.4. The number of carbonyl (C=O) groups is 2. The second-order valence-corrected chi connectivity index (χ2v) is 5.45. The van der Waals surface area contributed by atoms with Gasteiger partial charge in [-0.25, -0.2) is 4.79 Å². The standard InChI is InChI=1S/C17H18N2O4/c1-3-14-16(11(2)23-18-14)17(21)22-13-8-6-12(7-9-13)19-10-4-5-15(19)20/h6-9H,3-5,10H2,1-2H3. The van der Waals surface area contributed by atoms with Crippen molar-refractivity contribution in [2.45, 2.75) is 33.1 Å². The molecule has 1 amide bonds. The average molecular weight is 314 g/mol. The molecule has 0 unspecified atom stereocenters. The summed E-state index contributed by atoms with van der Waals surface area (Å²) in [6, 6.07) is 6.95. The zero-order valence-electron chi connectivity index (χ0n) is 13.2. The highest BCUT2D eigenvalue weighted by Gasteiger charge is 2.23. The Balaban J connectivity index is 1.74. The fraction of sp³-hybridized carbons (Fsp3) is 0.353. The average Bonchev–Trinajstić information content (AvgIpc) is 3.13. The van der Waals surface area contributed by atoms with E-state index in [0.29, 0.717) is 35.6 Å². The van der Waals surface area contributed by atoms with Crippen molar-refractivity contribution in [2.24, 2.45) is 0 Å². The predicted octanol–water partition coefficient (Wildman–Crippen LogP) is 2.89. The number of nitrogens with zero attached hydrogens (tertiary/aromatic N) is 2. The van der Waals surface area contributed by atoms with Crippen LogP contribution >= 0.6 is 0 Å². The molecule has 1 saturated heterocycles. The Bertz CT molecular complexity index is 734. The minimum atomic E-state index is -0.481. The fourth-order valence-corrected chi connectivity index (χ4v) is 2.69. The molecule has 0 atom stereocenters. The lowest BCUT2D eigenvalue weighted by Crippen LogP contribution is -2.23. The molecule has 6 heteroatoms. The van der Waals surface area contributed by atoms with Crippen LogP contribution in [-0.4, -0.2) is 23.6 Å². The van der Waals surface area contributed by atoms with Crippen LogP contribution in [0.2, 0.25) is 0 Å². The molecule has 0 radical (unpaired) electrons. The maximum Gasteiger partial charge on any atom is 0.349 e. The monoisotopic (exact) mass is 314 g/mol. The lowest BCUT2D eigenvalue weighted by molar-refractivity contribution is -0.117. The van der Waals surface area contributed by atoms with E-state index in [9.17, 15) is 9.59 Å². The Labute approximate surface area is 134 Å². The van der Waals surface area contributed by atoms with Crippen molar-refractivity contribution >= 4 is 17.6 Å². The molecule has 0 aliphatic carbocycles. The summed E-state index contributed by atoms with van der Waals surface area (Å²) >= 11 is 0. The molecular weight excluding hydrogens is 296 g/mol. The molecule has 1 aromatic heterocycles. The highest BCUT2D eigenvalue weighted by Crippen LogP contribution is 2.25. The van der Waals surface area contributed by atoms with Gasteiger partial charge in [-0.2, -0.15) is 0 Å². The van der Waals surface area contributed by atoms with E-state index >= 15 is 0 Å². The summed E-state index contributed by atoms with van der Waals surface area (Å²) in [5, 5.41) is 3.85. The Morgan fingerprint density at radius 1 is 1.35 bits per heavy atom. The number of benzene rings is 1. The van der Waals surface area contributed by atoms with Crippen molar-refractivity contribution in [1.82, 2.24) is 5.16 Å². The van der Waals surface area contributed by atoms with Crippen molar-refractivity contribution in [3.05, 3.63) is 41.3 Å². The van der Waals surface area contributed by atoms with Crippen LogP contribution in [0.5, 0.6) is 5.75 Å². The van der Waals surface area contributed by atoms with Crippen LogP contribution in [0.25, 0.3) is 0 Å². The first-order valence-corrected chi connectivity index (χ1v) is 7.68. The molecule has 23 heavy (non-hydrogen) atoms. The van der Waals surface area contributed by atoms with E-state index in [4.69, 9.17) is 9.26 Å². The number of hydrogen-bond donors (Lipinski definition) is 0. The van der Waals surface area contributed by atoms with Crippen molar-refractivity contribution in [2.75, 3.05) is 11.4 Å². The van der Waals surface area contributed by atoms with E-state index in [-0.39, 0.29) is 5.91 Å². The van der Waals surface area contributed by atoms with Gasteiger partial charge < -0.3 is 14.2 Å². The number of hydrogen-bond acceptors (Lipinski definition) is 5. The largest absolute Gasteiger partial charge is 0.423 e. The molecule has 0 N–H and O–H groups in total. The number of rotatable bonds is 4. The van der Waals surface area contributed by atoms with Gasteiger partial charge in [-0.15, -0.1) is 0 Å². The van der Waals surface area contributed by atoms with Crippen LogP contribution in [-0.2, 0) is 11.2 Å². The van der Waals surface area contributed by atoms with Crippen LogP contribution in [0.3, 0.4) is 0 Å². The molecule has 1 aliphatic rings. The molecule has 1 aromatic carbocycles. The second kappa shape index (κ2) is 6.24. The molecular formula is C17H18N2O4. The smallest absolute Gasteiger partial charge is 0.349 e. The van der Waals surface area contributed by atoms with Crippen LogP contribution in [0.1, 0.15) is 41.6 Å². The highest BCUT2D eigenvalue weighted by atomic mass is 16.5. The fourth-order valence-electron chi connectivity index (χ4n) is 2.69. The van der Waals surface area contributed by atoms with E-state index in [2.05, 4.69) is 5.16 Å². The molecule has 0 saturated carbocycles. The third-order valence-electron chi connectivity index (χ3n) is 3.90. The first-order valence-electron chi connectivity index (χ1n) is 7.68. The molecule has 2 heterocycles. The highest BCUT2D eigenvalue weighted by molar-refractivity contribution is 5.95. The number of aryl methyl sites for hydroxylation is 2. The number of anilines is 1. The summed E-state index contributed by atoms with van der Waals surface area (Å²) in [5.74, 6) is 0.521. The van der Waals surface area contributed by atoms with Crippen molar-refractivity contribution in [3.8, 4) is 5.75 Å². The third kappa shape index (κ3) is 2.97. The second-order valence-electron chi connectivity index (χ2n) is 5.45. The first-order chi connectivity index (χ1) is 11.1. The van der Waals surface area contributed by atoms with E-state index in [1.54, 1.807) is 36.1 Å². The van der Waals surface area contributed by atoms with Gasteiger partial charge in [0.1, 0.15) is 17.1 Å². The number of amides is 1. The number of carbonyl (C=O) groups excluding carboxylic acids is 2. The van der Waals surface area contributed by atoms with Gasteiger partial charge in [-0.1, -0.05) is 12.1 Å². The van der Waals surface area contributed by atoms with Crippen molar-refractivity contribution in [3.63, 3.8) is 0 Å². The van der Waals surface area contributed by atoms with Crippen LogP contribution in [0.15, 0.2) is 28.8 Å². The van der Waals surface area contributed by atoms with Gasteiger partial charge >= 0.3 is 5.97 Å². The molecule has 3 rings (SSSR count). The Morgan fingerprint density at radius 2 is 2.09 bits per heavy atom. The van der Waals surface area contributed by atoms with Crippen molar-refractivity contribution in [1.29, 1.82) is 0 Å². The van der Waals surface area contributed by atoms with E-state index in [1.807, 2.05) is 6.92 Å². The molecule has 1 aliphatic heterocycles. The zero-order valence-corrected chi connectivity index (χ0v) is 13.2. The summed E-state index contributed by atoms with van der Waals surface area (Å²) < 4.78 is 10.4. The maximum atomic E-state index is 12.3.